The van der Waals surface area contributed by atoms with Crippen LogP contribution in [0, 0.1) is 22.0 Å². The molecule has 0 saturated carbocycles. The fourth-order valence-corrected chi connectivity index (χ4v) is 4.40. The molecule has 0 unspecified atom stereocenters. The van der Waals surface area contributed by atoms with Gasteiger partial charge in [0.15, 0.2) is 0 Å². The first-order valence-corrected chi connectivity index (χ1v) is 11.1. The van der Waals surface area contributed by atoms with E-state index in [2.05, 4.69) is 10.6 Å². The van der Waals surface area contributed by atoms with Crippen LogP contribution in [0.2, 0.25) is 0 Å². The Labute approximate surface area is 203 Å². The van der Waals surface area contributed by atoms with E-state index >= 15 is 0 Å². The number of nitro groups is 1. The minimum absolute atomic E-state index is 0.0122. The van der Waals surface area contributed by atoms with E-state index in [1.54, 1.807) is 0 Å². The molecule has 1 saturated heterocycles. The molecule has 3 amide bonds. The lowest BCUT2D eigenvalue weighted by Gasteiger charge is -2.16. The van der Waals surface area contributed by atoms with Crippen molar-refractivity contribution < 1.29 is 32.5 Å². The Kier molecular flexibility index (Phi) is 6.77. The number of para-hydroxylation sites is 1. The second-order valence-electron chi connectivity index (χ2n) is 8.40. The quantitative estimate of drug-likeness (QED) is 0.253. The molecule has 188 valence electrons. The zero-order chi connectivity index (χ0) is 26.0. The first-order chi connectivity index (χ1) is 17.1. The van der Waals surface area contributed by atoms with E-state index in [9.17, 15) is 37.7 Å². The number of fused-ring (bicyclic) bond motifs is 1. The van der Waals surface area contributed by atoms with Crippen molar-refractivity contribution in [2.24, 2.45) is 11.8 Å². The number of alkyl halides is 3. The standard InChI is InChI=1S/C24H21F3N4O5/c25-24(26,27)17-7-3-4-8-18(17)29-21(32)14-9-10-19(20(13-14)31(35)36)28-11-12-30-22(33)15-5-1-2-6-16(15)23(30)34/h1-4,7-10,13,15-16,28H,5-6,11-12H2,(H,29,32)/t15-,16-/m0/s1. The number of halogens is 3. The lowest BCUT2D eigenvalue weighted by molar-refractivity contribution is -0.384. The third-order valence-corrected chi connectivity index (χ3v) is 6.19. The molecule has 12 heteroatoms. The molecule has 0 bridgehead atoms. The Morgan fingerprint density at radius 1 is 1.03 bits per heavy atom. The highest BCUT2D eigenvalue weighted by Crippen LogP contribution is 2.36. The predicted octanol–water partition coefficient (Wildman–Crippen LogP) is 4.23. The number of hydrogen-bond donors (Lipinski definition) is 2. The van der Waals surface area contributed by atoms with Crippen LogP contribution in [-0.2, 0) is 15.8 Å². The highest BCUT2D eigenvalue weighted by atomic mass is 19.4. The molecule has 4 rings (SSSR count). The Balaban J connectivity index is 1.45. The predicted molar refractivity (Wildman–Crippen MR) is 123 cm³/mol. The van der Waals surface area contributed by atoms with E-state index in [0.717, 1.165) is 23.1 Å². The first-order valence-electron chi connectivity index (χ1n) is 11.1. The second-order valence-corrected chi connectivity index (χ2v) is 8.40. The summed E-state index contributed by atoms with van der Waals surface area (Å²) in [7, 11) is 0. The number of hydrogen-bond acceptors (Lipinski definition) is 6. The normalized spacial score (nSPS) is 19.2. The number of anilines is 2. The average Bonchev–Trinajstić information content (AvgIpc) is 3.08. The minimum atomic E-state index is -4.70. The topological polar surface area (TPSA) is 122 Å². The molecule has 1 aliphatic heterocycles. The molecule has 1 heterocycles. The SMILES string of the molecule is O=C(Nc1ccccc1C(F)(F)F)c1ccc(NCCN2C(=O)[C@H]3CC=CC[C@@H]3C2=O)c([N+](=O)[O-])c1. The van der Waals surface area contributed by atoms with Gasteiger partial charge < -0.3 is 10.6 Å². The van der Waals surface area contributed by atoms with Gasteiger partial charge in [-0.15, -0.1) is 0 Å². The molecule has 2 aromatic carbocycles. The van der Waals surface area contributed by atoms with Gasteiger partial charge in [0, 0.05) is 24.7 Å². The number of imide groups is 1. The number of likely N-dealkylation sites (tertiary alicyclic amines) is 1. The van der Waals surface area contributed by atoms with Crippen molar-refractivity contribution in [2.75, 3.05) is 23.7 Å². The summed E-state index contributed by atoms with van der Waals surface area (Å²) in [5, 5.41) is 16.5. The molecule has 2 aromatic rings. The molecular weight excluding hydrogens is 481 g/mol. The number of allylic oxidation sites excluding steroid dienone is 2. The second kappa shape index (κ2) is 9.80. The first kappa shape index (κ1) is 24.9. The summed E-state index contributed by atoms with van der Waals surface area (Å²) in [6.07, 6.45) is 0.0486. The van der Waals surface area contributed by atoms with Crippen LogP contribution in [0.1, 0.15) is 28.8 Å². The van der Waals surface area contributed by atoms with Crippen molar-refractivity contribution in [1.82, 2.24) is 4.90 Å². The molecule has 2 aliphatic rings. The maximum Gasteiger partial charge on any atom is 0.418 e. The zero-order valence-corrected chi connectivity index (χ0v) is 18.7. The Hall–Kier alpha value is -4.22. The smallest absolute Gasteiger partial charge is 0.378 e. The van der Waals surface area contributed by atoms with Gasteiger partial charge in [-0.1, -0.05) is 24.3 Å². The van der Waals surface area contributed by atoms with Gasteiger partial charge in [-0.05, 0) is 37.1 Å². The van der Waals surface area contributed by atoms with Crippen molar-refractivity contribution in [3.8, 4) is 0 Å². The molecule has 9 nitrogen and oxygen atoms in total. The van der Waals surface area contributed by atoms with Crippen molar-refractivity contribution >= 4 is 34.8 Å². The number of nitro benzene ring substituents is 1. The lowest BCUT2D eigenvalue weighted by Crippen LogP contribution is -2.35. The average molecular weight is 502 g/mol. The number of rotatable bonds is 7. The van der Waals surface area contributed by atoms with E-state index in [4.69, 9.17) is 0 Å². The van der Waals surface area contributed by atoms with Gasteiger partial charge in [-0.2, -0.15) is 13.2 Å². The van der Waals surface area contributed by atoms with Crippen LogP contribution in [0.15, 0.2) is 54.6 Å². The van der Waals surface area contributed by atoms with Crippen molar-refractivity contribution in [2.45, 2.75) is 19.0 Å². The molecule has 1 fully saturated rings. The number of nitrogens with one attached hydrogen (secondary N) is 2. The minimum Gasteiger partial charge on any atom is -0.378 e. The lowest BCUT2D eigenvalue weighted by atomic mass is 9.85. The monoisotopic (exact) mass is 502 g/mol. The summed E-state index contributed by atoms with van der Waals surface area (Å²) < 4.78 is 39.6. The molecular formula is C24H21F3N4O5. The summed E-state index contributed by atoms with van der Waals surface area (Å²) in [4.78, 5) is 49.6. The number of carbonyl (C=O) groups excluding carboxylic acids is 3. The molecule has 0 spiro atoms. The number of carbonyl (C=O) groups is 3. The molecule has 2 atom stereocenters. The summed E-state index contributed by atoms with van der Waals surface area (Å²) >= 11 is 0. The van der Waals surface area contributed by atoms with Crippen LogP contribution in [0.4, 0.5) is 30.2 Å². The highest BCUT2D eigenvalue weighted by molar-refractivity contribution is 6.06. The summed E-state index contributed by atoms with van der Waals surface area (Å²) in [6, 6.07) is 7.82. The van der Waals surface area contributed by atoms with Gasteiger partial charge in [0.1, 0.15) is 5.69 Å². The summed E-state index contributed by atoms with van der Waals surface area (Å²) in [6.45, 7) is 0.0496. The van der Waals surface area contributed by atoms with Crippen LogP contribution >= 0.6 is 0 Å². The van der Waals surface area contributed by atoms with Gasteiger partial charge in [0.2, 0.25) is 11.8 Å². The van der Waals surface area contributed by atoms with Crippen molar-refractivity contribution in [3.05, 3.63) is 75.9 Å². The van der Waals surface area contributed by atoms with Crippen LogP contribution in [-0.4, -0.2) is 40.6 Å². The number of nitrogens with zero attached hydrogens (tertiary/aromatic N) is 2. The molecule has 1 aliphatic carbocycles. The van der Waals surface area contributed by atoms with Gasteiger partial charge >= 0.3 is 6.18 Å². The van der Waals surface area contributed by atoms with E-state index in [1.807, 2.05) is 12.2 Å². The zero-order valence-electron chi connectivity index (χ0n) is 18.7. The van der Waals surface area contributed by atoms with Gasteiger partial charge in [0.25, 0.3) is 11.6 Å². The Bertz CT molecular complexity index is 1230. The van der Waals surface area contributed by atoms with Crippen molar-refractivity contribution in [3.63, 3.8) is 0 Å². The van der Waals surface area contributed by atoms with Gasteiger partial charge in [-0.3, -0.25) is 29.4 Å². The fraction of sp³-hybridized carbons (Fsp3) is 0.292. The third-order valence-electron chi connectivity index (χ3n) is 6.19. The van der Waals surface area contributed by atoms with E-state index in [1.165, 1.54) is 24.3 Å². The van der Waals surface area contributed by atoms with Crippen molar-refractivity contribution in [1.29, 1.82) is 0 Å². The third kappa shape index (κ3) is 4.92. The number of amides is 3. The van der Waals surface area contributed by atoms with Crippen LogP contribution in [0.5, 0.6) is 0 Å². The maximum absolute atomic E-state index is 13.2. The summed E-state index contributed by atoms with van der Waals surface area (Å²) in [5.41, 5.74) is -2.19. The summed E-state index contributed by atoms with van der Waals surface area (Å²) in [5.74, 6) is -2.24. The van der Waals surface area contributed by atoms with E-state index in [0.29, 0.717) is 12.8 Å². The van der Waals surface area contributed by atoms with Crippen LogP contribution in [0.3, 0.4) is 0 Å². The molecule has 0 aromatic heterocycles. The van der Waals surface area contributed by atoms with E-state index < -0.39 is 33.9 Å². The Morgan fingerprint density at radius 2 is 1.67 bits per heavy atom. The van der Waals surface area contributed by atoms with Gasteiger partial charge in [-0.25, -0.2) is 0 Å². The molecule has 2 N–H and O–H groups in total. The largest absolute Gasteiger partial charge is 0.418 e. The van der Waals surface area contributed by atoms with Crippen LogP contribution < -0.4 is 10.6 Å². The van der Waals surface area contributed by atoms with E-state index in [-0.39, 0.29) is 48.0 Å². The maximum atomic E-state index is 13.2. The highest BCUT2D eigenvalue weighted by Gasteiger charge is 2.46. The van der Waals surface area contributed by atoms with Crippen LogP contribution in [0.25, 0.3) is 0 Å². The Morgan fingerprint density at radius 3 is 2.28 bits per heavy atom. The molecule has 0 radical (unpaired) electrons. The fourth-order valence-electron chi connectivity index (χ4n) is 4.40. The molecule has 36 heavy (non-hydrogen) atoms. The number of benzene rings is 2. The van der Waals surface area contributed by atoms with Gasteiger partial charge in [0.05, 0.1) is 28.0 Å².